The van der Waals surface area contributed by atoms with Gasteiger partial charge in [-0.15, -0.1) is 0 Å². The largest absolute Gasteiger partial charge is 0.466 e. The van der Waals surface area contributed by atoms with Gasteiger partial charge in [0.05, 0.1) is 19.8 Å². The molecule has 0 aromatic heterocycles. The van der Waals surface area contributed by atoms with Crippen molar-refractivity contribution in [3.05, 3.63) is 24.3 Å². The van der Waals surface area contributed by atoms with E-state index in [2.05, 4.69) is 54.1 Å². The van der Waals surface area contributed by atoms with Crippen molar-refractivity contribution in [3.63, 3.8) is 0 Å². The van der Waals surface area contributed by atoms with Gasteiger partial charge in [0.25, 0.3) is 0 Å². The van der Waals surface area contributed by atoms with Crippen LogP contribution in [0.4, 0.5) is 0 Å². The fourth-order valence-electron chi connectivity index (χ4n) is 3.25. The van der Waals surface area contributed by atoms with Gasteiger partial charge in [0, 0.05) is 11.8 Å². The van der Waals surface area contributed by atoms with Crippen LogP contribution >= 0.6 is 15.9 Å². The maximum Gasteiger partial charge on any atom is 0.305 e. The minimum absolute atomic E-state index is 0.0803. The van der Waals surface area contributed by atoms with Crippen LogP contribution < -0.4 is 0 Å². The summed E-state index contributed by atoms with van der Waals surface area (Å²) in [5.74, 6) is -0.0803. The lowest BCUT2D eigenvalue weighted by atomic mass is 10.2. The Hall–Kier alpha value is -0.650. The Bertz CT molecular complexity index is 441. The number of ether oxygens (including phenoxy) is 3. The van der Waals surface area contributed by atoms with Crippen molar-refractivity contribution in [2.24, 2.45) is 0 Å². The summed E-state index contributed by atoms with van der Waals surface area (Å²) >= 11 is 3.44. The van der Waals surface area contributed by atoms with Crippen molar-refractivity contribution >= 4 is 21.9 Å². The van der Waals surface area contributed by atoms with Crippen LogP contribution in [0.5, 0.6) is 0 Å². The highest BCUT2D eigenvalue weighted by molar-refractivity contribution is 9.09. The molecule has 0 fully saturated rings. The summed E-state index contributed by atoms with van der Waals surface area (Å²) in [6, 6.07) is 0. The average Bonchev–Trinajstić information content (AvgIpc) is 2.82. The lowest BCUT2D eigenvalue weighted by Crippen LogP contribution is -2.18. The average molecular weight is 532 g/mol. The second-order valence-corrected chi connectivity index (χ2v) is 9.34. The predicted molar refractivity (Wildman–Crippen MR) is 144 cm³/mol. The molecule has 0 radical (unpaired) electrons. The van der Waals surface area contributed by atoms with Crippen molar-refractivity contribution in [3.8, 4) is 0 Å². The number of halogens is 1. The van der Waals surface area contributed by atoms with Gasteiger partial charge in [-0.05, 0) is 57.8 Å². The second-order valence-electron chi connectivity index (χ2n) is 8.55. The Balaban J connectivity index is 4.05. The third-order valence-corrected chi connectivity index (χ3v) is 5.88. The molecule has 0 amide bonds. The maximum absolute atomic E-state index is 11.9. The number of hydrogen-bond acceptors (Lipinski definition) is 4. The van der Waals surface area contributed by atoms with Crippen LogP contribution in [0.1, 0.15) is 117 Å². The highest BCUT2D eigenvalue weighted by Gasteiger charge is 2.10. The number of hydrogen-bond donors (Lipinski definition) is 0. The summed E-state index contributed by atoms with van der Waals surface area (Å²) < 4.78 is 17.3. The first-order chi connectivity index (χ1) is 16.2. The number of esters is 1. The highest BCUT2D eigenvalue weighted by atomic mass is 79.9. The zero-order valence-electron chi connectivity index (χ0n) is 21.5. The molecule has 0 aliphatic carbocycles. The fraction of sp³-hybridized carbons (Fsp3) is 0.821. The van der Waals surface area contributed by atoms with Crippen molar-refractivity contribution in [2.45, 2.75) is 123 Å². The number of rotatable bonds is 25. The van der Waals surface area contributed by atoms with Crippen LogP contribution in [0.2, 0.25) is 0 Å². The molecule has 33 heavy (non-hydrogen) atoms. The highest BCUT2D eigenvalue weighted by Crippen LogP contribution is 2.11. The molecule has 0 rings (SSSR count). The van der Waals surface area contributed by atoms with E-state index in [1.165, 1.54) is 38.5 Å². The van der Waals surface area contributed by atoms with Gasteiger partial charge in [0.1, 0.15) is 0 Å². The number of allylic oxidation sites excluding steroid dienone is 2. The molecule has 0 unspecified atom stereocenters. The fourth-order valence-corrected chi connectivity index (χ4v) is 3.65. The van der Waals surface area contributed by atoms with Gasteiger partial charge in [-0.2, -0.15) is 0 Å². The Labute approximate surface area is 213 Å². The normalized spacial score (nSPS) is 11.9. The Kier molecular flexibility index (Phi) is 27.0. The third kappa shape index (κ3) is 25.8. The quantitative estimate of drug-likeness (QED) is 0.0389. The molecule has 0 saturated heterocycles. The summed E-state index contributed by atoms with van der Waals surface area (Å²) in [5.41, 5.74) is 0. The molecule has 5 heteroatoms. The lowest BCUT2D eigenvalue weighted by Gasteiger charge is -2.18. The summed E-state index contributed by atoms with van der Waals surface area (Å²) in [6.07, 6.45) is 25.3. The summed E-state index contributed by atoms with van der Waals surface area (Å²) in [4.78, 5) is 11.9. The second kappa shape index (κ2) is 27.6. The van der Waals surface area contributed by atoms with E-state index in [0.717, 1.165) is 63.1 Å². The number of carbonyl (C=O) groups is 1. The van der Waals surface area contributed by atoms with E-state index in [0.29, 0.717) is 26.2 Å². The van der Waals surface area contributed by atoms with E-state index in [-0.39, 0.29) is 12.3 Å². The Morgan fingerprint density at radius 3 is 1.85 bits per heavy atom. The van der Waals surface area contributed by atoms with Crippen molar-refractivity contribution in [2.75, 3.05) is 25.2 Å². The number of alkyl halides is 1. The molecule has 0 heterocycles. The van der Waals surface area contributed by atoms with E-state index >= 15 is 0 Å². The van der Waals surface area contributed by atoms with Gasteiger partial charge >= 0.3 is 5.97 Å². The van der Waals surface area contributed by atoms with E-state index in [1.807, 2.05) is 0 Å². The van der Waals surface area contributed by atoms with Crippen molar-refractivity contribution in [1.29, 1.82) is 0 Å². The molecular formula is C28H51BrO4. The van der Waals surface area contributed by atoms with Crippen molar-refractivity contribution in [1.82, 2.24) is 0 Å². The molecule has 0 saturated carbocycles. The molecule has 194 valence electrons. The smallest absolute Gasteiger partial charge is 0.305 e. The standard InChI is InChI=1S/C28H51BrO4/c1-3-5-7-9-12-19-25-32-28(33-26-20-13-10-8-6-4-2)22-16-15-21-27(30)31-24-18-14-11-17-23-29/h9-10,12-13,28H,3-8,11,14-26H2,1-2H3/b12-9-,13-10-. The number of unbranched alkanes of at least 4 members (excludes halogenated alkanes) is 8. The monoisotopic (exact) mass is 530 g/mol. The Morgan fingerprint density at radius 2 is 1.27 bits per heavy atom. The third-order valence-electron chi connectivity index (χ3n) is 5.32. The van der Waals surface area contributed by atoms with Gasteiger partial charge in [-0.3, -0.25) is 4.79 Å². The van der Waals surface area contributed by atoms with E-state index in [9.17, 15) is 4.79 Å². The van der Waals surface area contributed by atoms with Crippen LogP contribution in [0.3, 0.4) is 0 Å². The Morgan fingerprint density at radius 1 is 0.697 bits per heavy atom. The van der Waals surface area contributed by atoms with Crippen molar-refractivity contribution < 1.29 is 19.0 Å². The molecule has 0 bridgehead atoms. The van der Waals surface area contributed by atoms with Gasteiger partial charge in [0.15, 0.2) is 6.29 Å². The zero-order valence-corrected chi connectivity index (χ0v) is 23.1. The molecule has 0 aromatic carbocycles. The van der Waals surface area contributed by atoms with E-state index in [1.54, 1.807) is 0 Å². The lowest BCUT2D eigenvalue weighted by molar-refractivity contribution is -0.147. The topological polar surface area (TPSA) is 44.8 Å². The van der Waals surface area contributed by atoms with Crippen LogP contribution in [0, 0.1) is 0 Å². The van der Waals surface area contributed by atoms with E-state index in [4.69, 9.17) is 14.2 Å². The van der Waals surface area contributed by atoms with Gasteiger partial charge in [0.2, 0.25) is 0 Å². The van der Waals surface area contributed by atoms with Gasteiger partial charge < -0.3 is 14.2 Å². The molecule has 0 N–H and O–H groups in total. The molecule has 0 atom stereocenters. The summed E-state index contributed by atoms with van der Waals surface area (Å²) in [6.45, 7) is 6.33. The zero-order chi connectivity index (χ0) is 24.2. The van der Waals surface area contributed by atoms with Gasteiger partial charge in [-0.1, -0.05) is 92.6 Å². The SMILES string of the molecule is CCCC/C=C\CCOC(CCCCC(=O)OCCCCCCBr)OCC/C=C\CCCC. The predicted octanol–water partition coefficient (Wildman–Crippen LogP) is 8.68. The maximum atomic E-state index is 11.9. The van der Waals surface area contributed by atoms with Crippen LogP contribution in [-0.4, -0.2) is 37.4 Å². The van der Waals surface area contributed by atoms with Crippen LogP contribution in [0.25, 0.3) is 0 Å². The minimum atomic E-state index is -0.191. The molecule has 0 spiro atoms. The molecule has 0 aromatic rings. The molecular weight excluding hydrogens is 480 g/mol. The minimum Gasteiger partial charge on any atom is -0.466 e. The van der Waals surface area contributed by atoms with Crippen LogP contribution in [-0.2, 0) is 19.0 Å². The molecule has 4 nitrogen and oxygen atoms in total. The van der Waals surface area contributed by atoms with E-state index < -0.39 is 0 Å². The molecule has 0 aliphatic rings. The first-order valence-electron chi connectivity index (χ1n) is 13.5. The van der Waals surface area contributed by atoms with Crippen LogP contribution in [0.15, 0.2) is 24.3 Å². The summed E-state index contributed by atoms with van der Waals surface area (Å²) in [5, 5.41) is 1.05. The first-order valence-corrected chi connectivity index (χ1v) is 14.6. The summed E-state index contributed by atoms with van der Waals surface area (Å²) in [7, 11) is 0. The first kappa shape index (κ1) is 32.4. The number of carbonyl (C=O) groups excluding carboxylic acids is 1. The molecule has 0 aliphatic heterocycles. The van der Waals surface area contributed by atoms with Gasteiger partial charge in [-0.25, -0.2) is 0 Å².